The molecule has 6 nitrogen and oxygen atoms in total. The first-order valence-corrected chi connectivity index (χ1v) is 11.0. The van der Waals surface area contributed by atoms with Crippen molar-refractivity contribution in [2.24, 2.45) is 4.99 Å². The molecule has 1 unspecified atom stereocenters. The number of nitrogens with one attached hydrogen (secondary N) is 2. The van der Waals surface area contributed by atoms with E-state index in [0.717, 1.165) is 71.0 Å². The lowest BCUT2D eigenvalue weighted by atomic mass is 10.1. The summed E-state index contributed by atoms with van der Waals surface area (Å²) in [4.78, 5) is 9.72. The maximum Gasteiger partial charge on any atom is 0.191 e. The standard InChI is InChI=1S/C22H37N5O/c1-2-23-22(24-13-7-14-26-16-11-21(28)12-17-26)25-19-8-6-15-27(18-19)20-9-4-3-5-10-20/h3-5,9-10,19,21,28H,2,6-8,11-18H2,1H3,(H2,23,24,25). The number of guanidine groups is 1. The molecule has 1 aromatic rings. The summed E-state index contributed by atoms with van der Waals surface area (Å²) in [5, 5.41) is 16.7. The van der Waals surface area contributed by atoms with Crippen molar-refractivity contribution in [3.63, 3.8) is 0 Å². The van der Waals surface area contributed by atoms with Crippen molar-refractivity contribution in [2.45, 2.75) is 51.2 Å². The van der Waals surface area contributed by atoms with Gasteiger partial charge in [0.05, 0.1) is 6.10 Å². The van der Waals surface area contributed by atoms with E-state index in [1.807, 2.05) is 0 Å². The molecule has 0 aliphatic carbocycles. The van der Waals surface area contributed by atoms with Crippen molar-refractivity contribution in [1.29, 1.82) is 0 Å². The van der Waals surface area contributed by atoms with Crippen molar-refractivity contribution in [1.82, 2.24) is 15.5 Å². The second-order valence-corrected chi connectivity index (χ2v) is 7.95. The van der Waals surface area contributed by atoms with E-state index in [0.29, 0.717) is 6.04 Å². The normalized spacial score (nSPS) is 22.3. The highest BCUT2D eigenvalue weighted by Gasteiger charge is 2.21. The van der Waals surface area contributed by atoms with Crippen LogP contribution in [0.1, 0.15) is 39.0 Å². The van der Waals surface area contributed by atoms with Gasteiger partial charge in [-0.2, -0.15) is 0 Å². The van der Waals surface area contributed by atoms with E-state index in [2.05, 4.69) is 57.7 Å². The van der Waals surface area contributed by atoms with E-state index < -0.39 is 0 Å². The smallest absolute Gasteiger partial charge is 0.191 e. The number of para-hydroxylation sites is 1. The summed E-state index contributed by atoms with van der Waals surface area (Å²) in [5.74, 6) is 0.941. The average molecular weight is 388 g/mol. The van der Waals surface area contributed by atoms with E-state index in [-0.39, 0.29) is 6.10 Å². The summed E-state index contributed by atoms with van der Waals surface area (Å²) in [7, 11) is 0. The number of piperidine rings is 2. The van der Waals surface area contributed by atoms with Crippen LogP contribution in [0, 0.1) is 0 Å². The maximum absolute atomic E-state index is 9.61. The van der Waals surface area contributed by atoms with E-state index in [4.69, 9.17) is 4.99 Å². The summed E-state index contributed by atoms with van der Waals surface area (Å²) in [6.45, 7) is 9.08. The van der Waals surface area contributed by atoms with Gasteiger partial charge < -0.3 is 25.5 Å². The van der Waals surface area contributed by atoms with Crippen molar-refractivity contribution < 1.29 is 5.11 Å². The number of nitrogens with zero attached hydrogens (tertiary/aromatic N) is 3. The third-order valence-corrected chi connectivity index (χ3v) is 5.69. The van der Waals surface area contributed by atoms with E-state index in [9.17, 15) is 5.11 Å². The largest absolute Gasteiger partial charge is 0.393 e. The van der Waals surface area contributed by atoms with Gasteiger partial charge >= 0.3 is 0 Å². The molecule has 0 radical (unpaired) electrons. The first-order valence-electron chi connectivity index (χ1n) is 11.0. The summed E-state index contributed by atoms with van der Waals surface area (Å²) in [6, 6.07) is 11.1. The van der Waals surface area contributed by atoms with Crippen molar-refractivity contribution in [3.8, 4) is 0 Å². The molecule has 0 spiro atoms. The van der Waals surface area contributed by atoms with Crippen LogP contribution >= 0.6 is 0 Å². The van der Waals surface area contributed by atoms with Crippen LogP contribution in [0.25, 0.3) is 0 Å². The minimum absolute atomic E-state index is 0.0928. The van der Waals surface area contributed by atoms with E-state index in [1.54, 1.807) is 0 Å². The third kappa shape index (κ3) is 6.67. The SMILES string of the molecule is CCNC(=NCCCN1CCC(O)CC1)NC1CCCN(c2ccccc2)C1. The molecule has 2 aliphatic heterocycles. The Morgan fingerprint density at radius 2 is 1.93 bits per heavy atom. The summed E-state index contributed by atoms with van der Waals surface area (Å²) < 4.78 is 0. The lowest BCUT2D eigenvalue weighted by molar-refractivity contribution is 0.0824. The zero-order valence-corrected chi connectivity index (χ0v) is 17.3. The Morgan fingerprint density at radius 3 is 2.68 bits per heavy atom. The minimum Gasteiger partial charge on any atom is -0.393 e. The molecule has 2 heterocycles. The van der Waals surface area contributed by atoms with Gasteiger partial charge in [0.1, 0.15) is 0 Å². The topological polar surface area (TPSA) is 63.1 Å². The fourth-order valence-corrected chi connectivity index (χ4v) is 4.11. The number of hydrogen-bond acceptors (Lipinski definition) is 4. The quantitative estimate of drug-likeness (QED) is 0.380. The van der Waals surface area contributed by atoms with Crippen LogP contribution in [-0.2, 0) is 0 Å². The predicted octanol–water partition coefficient (Wildman–Crippen LogP) is 2.06. The highest BCUT2D eigenvalue weighted by atomic mass is 16.3. The molecule has 0 saturated carbocycles. The molecular formula is C22H37N5O. The van der Waals surface area contributed by atoms with Crippen LogP contribution in [0.15, 0.2) is 35.3 Å². The lowest BCUT2D eigenvalue weighted by Gasteiger charge is -2.35. The molecule has 0 aromatic heterocycles. The number of benzene rings is 1. The summed E-state index contributed by atoms with van der Waals surface area (Å²) >= 11 is 0. The molecule has 3 N–H and O–H groups in total. The Balaban J connectivity index is 1.44. The molecule has 2 saturated heterocycles. The van der Waals surface area contributed by atoms with Gasteiger partial charge in [-0.3, -0.25) is 4.99 Å². The second-order valence-electron chi connectivity index (χ2n) is 7.95. The third-order valence-electron chi connectivity index (χ3n) is 5.69. The molecule has 156 valence electrons. The van der Waals surface area contributed by atoms with Crippen LogP contribution in [-0.4, -0.2) is 73.9 Å². The zero-order chi connectivity index (χ0) is 19.6. The fraction of sp³-hybridized carbons (Fsp3) is 0.682. The summed E-state index contributed by atoms with van der Waals surface area (Å²) in [6.07, 6.45) is 5.18. The monoisotopic (exact) mass is 387 g/mol. The van der Waals surface area contributed by atoms with Crippen molar-refractivity contribution in [3.05, 3.63) is 30.3 Å². The number of aliphatic hydroxyl groups is 1. The fourth-order valence-electron chi connectivity index (χ4n) is 4.11. The van der Waals surface area contributed by atoms with Gasteiger partial charge in [0, 0.05) is 51.0 Å². The van der Waals surface area contributed by atoms with Crippen LogP contribution in [0.5, 0.6) is 0 Å². The highest BCUT2D eigenvalue weighted by molar-refractivity contribution is 5.80. The molecule has 3 rings (SSSR count). The molecule has 2 fully saturated rings. The Morgan fingerprint density at radius 1 is 1.14 bits per heavy atom. The lowest BCUT2D eigenvalue weighted by Crippen LogP contribution is -2.51. The maximum atomic E-state index is 9.61. The molecule has 2 aliphatic rings. The average Bonchev–Trinajstić information content (AvgIpc) is 2.73. The van der Waals surface area contributed by atoms with Gasteiger partial charge in [-0.15, -0.1) is 0 Å². The minimum atomic E-state index is -0.0928. The van der Waals surface area contributed by atoms with Crippen LogP contribution in [0.4, 0.5) is 5.69 Å². The van der Waals surface area contributed by atoms with E-state index in [1.165, 1.54) is 18.5 Å². The van der Waals surface area contributed by atoms with Crippen molar-refractivity contribution >= 4 is 11.6 Å². The molecule has 6 heteroatoms. The first-order chi connectivity index (χ1) is 13.7. The Bertz CT molecular complexity index is 586. The molecular weight excluding hydrogens is 350 g/mol. The van der Waals surface area contributed by atoms with Crippen LogP contribution < -0.4 is 15.5 Å². The van der Waals surface area contributed by atoms with Crippen LogP contribution in [0.3, 0.4) is 0 Å². The van der Waals surface area contributed by atoms with Gasteiger partial charge in [-0.1, -0.05) is 18.2 Å². The number of likely N-dealkylation sites (tertiary alicyclic amines) is 1. The van der Waals surface area contributed by atoms with Gasteiger partial charge in [0.25, 0.3) is 0 Å². The van der Waals surface area contributed by atoms with Gasteiger partial charge in [-0.25, -0.2) is 0 Å². The van der Waals surface area contributed by atoms with Gasteiger partial charge in [-0.05, 0) is 57.7 Å². The number of hydrogen-bond donors (Lipinski definition) is 3. The van der Waals surface area contributed by atoms with Crippen molar-refractivity contribution in [2.75, 3.05) is 50.7 Å². The first kappa shape index (κ1) is 20.9. The van der Waals surface area contributed by atoms with Gasteiger partial charge in [0.15, 0.2) is 5.96 Å². The zero-order valence-electron chi connectivity index (χ0n) is 17.3. The van der Waals surface area contributed by atoms with Gasteiger partial charge in [0.2, 0.25) is 0 Å². The predicted molar refractivity (Wildman–Crippen MR) is 117 cm³/mol. The molecule has 0 amide bonds. The number of anilines is 1. The highest BCUT2D eigenvalue weighted by Crippen LogP contribution is 2.19. The summed E-state index contributed by atoms with van der Waals surface area (Å²) in [5.41, 5.74) is 1.31. The Kier molecular flexibility index (Phi) is 8.42. The Hall–Kier alpha value is -1.79. The number of aliphatic hydroxyl groups excluding tert-OH is 1. The molecule has 0 bridgehead atoms. The number of aliphatic imine (C=N–C) groups is 1. The van der Waals surface area contributed by atoms with E-state index >= 15 is 0 Å². The second kappa shape index (κ2) is 11.3. The molecule has 28 heavy (non-hydrogen) atoms. The number of rotatable bonds is 7. The molecule has 1 aromatic carbocycles. The Labute approximate surface area is 170 Å². The van der Waals surface area contributed by atoms with Crippen LogP contribution in [0.2, 0.25) is 0 Å². The molecule has 1 atom stereocenters.